The molecule has 1 unspecified atom stereocenters. The number of nitrogens with zero attached hydrogens (tertiary/aromatic N) is 1. The van der Waals surface area contributed by atoms with Crippen LogP contribution >= 0.6 is 0 Å². The lowest BCUT2D eigenvalue weighted by Gasteiger charge is -2.15. The van der Waals surface area contributed by atoms with Crippen LogP contribution in [-0.4, -0.2) is 29.4 Å². The van der Waals surface area contributed by atoms with E-state index >= 15 is 0 Å². The van der Waals surface area contributed by atoms with Crippen LogP contribution in [0, 0.1) is 0 Å². The lowest BCUT2D eigenvalue weighted by Crippen LogP contribution is -2.45. The molecule has 4 N–H and O–H groups in total. The van der Waals surface area contributed by atoms with Gasteiger partial charge in [0.25, 0.3) is 5.91 Å². The molecule has 1 aromatic heterocycles. The molecule has 6 heteroatoms. The zero-order chi connectivity index (χ0) is 13.7. The number of rotatable bonds is 3. The van der Waals surface area contributed by atoms with Gasteiger partial charge in [0.1, 0.15) is 6.04 Å². The summed E-state index contributed by atoms with van der Waals surface area (Å²) in [4.78, 5) is 27.9. The molecule has 1 aliphatic rings. The maximum absolute atomic E-state index is 12.1. The third-order valence-corrected chi connectivity index (χ3v) is 3.13. The van der Waals surface area contributed by atoms with Gasteiger partial charge in [-0.1, -0.05) is 0 Å². The van der Waals surface area contributed by atoms with E-state index in [-0.39, 0.29) is 18.4 Å². The summed E-state index contributed by atoms with van der Waals surface area (Å²) in [6, 6.07) is 2.80. The maximum Gasteiger partial charge on any atom is 0.252 e. The van der Waals surface area contributed by atoms with Crippen molar-refractivity contribution in [2.75, 3.05) is 6.54 Å². The number of hydrogen-bond acceptors (Lipinski definition) is 4. The van der Waals surface area contributed by atoms with Crippen LogP contribution in [-0.2, 0) is 11.3 Å². The predicted molar refractivity (Wildman–Crippen MR) is 70.2 cm³/mol. The Morgan fingerprint density at radius 1 is 1.53 bits per heavy atom. The second-order valence-electron chi connectivity index (χ2n) is 4.55. The summed E-state index contributed by atoms with van der Waals surface area (Å²) in [6.45, 7) is 0.961. The van der Waals surface area contributed by atoms with Gasteiger partial charge in [-0.25, -0.2) is 0 Å². The first-order chi connectivity index (χ1) is 9.20. The zero-order valence-electron chi connectivity index (χ0n) is 10.7. The van der Waals surface area contributed by atoms with E-state index in [1.807, 2.05) is 0 Å². The van der Waals surface area contributed by atoms with Crippen LogP contribution in [0.1, 0.15) is 35.3 Å². The molecule has 2 amide bonds. The fourth-order valence-corrected chi connectivity index (χ4v) is 2.05. The summed E-state index contributed by atoms with van der Waals surface area (Å²) < 4.78 is 0. The molecule has 1 saturated heterocycles. The van der Waals surface area contributed by atoms with Crippen LogP contribution in [0.15, 0.2) is 18.3 Å². The van der Waals surface area contributed by atoms with Crippen molar-refractivity contribution in [1.29, 1.82) is 0 Å². The van der Waals surface area contributed by atoms with Gasteiger partial charge < -0.3 is 16.4 Å². The average Bonchev–Trinajstić information content (AvgIpc) is 2.64. The van der Waals surface area contributed by atoms with Crippen molar-refractivity contribution in [3.8, 4) is 0 Å². The van der Waals surface area contributed by atoms with Crippen LogP contribution in [0.2, 0.25) is 0 Å². The van der Waals surface area contributed by atoms with E-state index in [1.165, 1.54) is 0 Å². The van der Waals surface area contributed by atoms with Crippen molar-refractivity contribution in [1.82, 2.24) is 15.6 Å². The van der Waals surface area contributed by atoms with Gasteiger partial charge in [-0.15, -0.1) is 0 Å². The average molecular weight is 262 g/mol. The standard InChI is InChI=1S/C13H18N4O2/c14-8-10-7-9(4-6-15-10)12(18)17-11-3-1-2-5-16-13(11)19/h4,6-7,11H,1-3,5,8,14H2,(H,16,19)(H,17,18). The van der Waals surface area contributed by atoms with Crippen LogP contribution in [0.25, 0.3) is 0 Å². The number of aromatic nitrogens is 1. The van der Waals surface area contributed by atoms with Gasteiger partial charge in [-0.3, -0.25) is 14.6 Å². The minimum atomic E-state index is -0.454. The molecular weight excluding hydrogens is 244 g/mol. The first-order valence-corrected chi connectivity index (χ1v) is 6.44. The van der Waals surface area contributed by atoms with E-state index in [9.17, 15) is 9.59 Å². The van der Waals surface area contributed by atoms with Crippen LogP contribution < -0.4 is 16.4 Å². The summed E-state index contributed by atoms with van der Waals surface area (Å²) in [5.74, 6) is -0.377. The number of amides is 2. The fraction of sp³-hybridized carbons (Fsp3) is 0.462. The molecule has 0 spiro atoms. The largest absolute Gasteiger partial charge is 0.354 e. The number of hydrogen-bond donors (Lipinski definition) is 3. The van der Waals surface area contributed by atoms with Gasteiger partial charge in [0.05, 0.1) is 5.69 Å². The molecule has 102 valence electrons. The van der Waals surface area contributed by atoms with Crippen molar-refractivity contribution in [2.45, 2.75) is 31.8 Å². The normalized spacial score (nSPS) is 19.4. The highest BCUT2D eigenvalue weighted by Gasteiger charge is 2.22. The molecule has 0 bridgehead atoms. The van der Waals surface area contributed by atoms with E-state index in [4.69, 9.17) is 5.73 Å². The topological polar surface area (TPSA) is 97.1 Å². The highest BCUT2D eigenvalue weighted by atomic mass is 16.2. The maximum atomic E-state index is 12.1. The monoisotopic (exact) mass is 262 g/mol. The lowest BCUT2D eigenvalue weighted by molar-refractivity contribution is -0.122. The molecule has 0 saturated carbocycles. The second kappa shape index (κ2) is 6.29. The van der Waals surface area contributed by atoms with E-state index in [2.05, 4.69) is 15.6 Å². The molecule has 0 aromatic carbocycles. The second-order valence-corrected chi connectivity index (χ2v) is 4.55. The first kappa shape index (κ1) is 13.5. The first-order valence-electron chi connectivity index (χ1n) is 6.44. The molecule has 0 aliphatic carbocycles. The Labute approximate surface area is 111 Å². The Kier molecular flexibility index (Phi) is 4.46. The van der Waals surface area contributed by atoms with Gasteiger partial charge in [-0.05, 0) is 31.4 Å². The Bertz CT molecular complexity index is 475. The van der Waals surface area contributed by atoms with Gasteiger partial charge in [-0.2, -0.15) is 0 Å². The zero-order valence-corrected chi connectivity index (χ0v) is 10.7. The molecule has 0 radical (unpaired) electrons. The molecule has 19 heavy (non-hydrogen) atoms. The number of nitrogens with two attached hydrogens (primary N) is 1. The number of carbonyl (C=O) groups excluding carboxylic acids is 2. The third-order valence-electron chi connectivity index (χ3n) is 3.13. The Morgan fingerprint density at radius 3 is 3.16 bits per heavy atom. The predicted octanol–water partition coefficient (Wildman–Crippen LogP) is -0.0612. The molecule has 1 fully saturated rings. The SMILES string of the molecule is NCc1cc(C(=O)NC2CCCCNC2=O)ccn1. The highest BCUT2D eigenvalue weighted by Crippen LogP contribution is 2.07. The molecule has 1 aliphatic heterocycles. The van der Waals surface area contributed by atoms with Crippen molar-refractivity contribution < 1.29 is 9.59 Å². The van der Waals surface area contributed by atoms with E-state index in [1.54, 1.807) is 18.3 Å². The van der Waals surface area contributed by atoms with E-state index in [0.717, 1.165) is 12.8 Å². The van der Waals surface area contributed by atoms with Crippen molar-refractivity contribution in [3.63, 3.8) is 0 Å². The molecular formula is C13H18N4O2. The Balaban J connectivity index is 2.04. The lowest BCUT2D eigenvalue weighted by atomic mass is 10.1. The fourth-order valence-electron chi connectivity index (χ4n) is 2.05. The molecule has 2 rings (SSSR count). The molecule has 2 heterocycles. The van der Waals surface area contributed by atoms with Crippen LogP contribution in [0.5, 0.6) is 0 Å². The smallest absolute Gasteiger partial charge is 0.252 e. The van der Waals surface area contributed by atoms with Crippen LogP contribution in [0.3, 0.4) is 0 Å². The number of pyridine rings is 1. The number of carbonyl (C=O) groups is 2. The Morgan fingerprint density at radius 2 is 2.37 bits per heavy atom. The summed E-state index contributed by atoms with van der Waals surface area (Å²) in [6.07, 6.45) is 4.09. The Hall–Kier alpha value is -1.95. The van der Waals surface area contributed by atoms with E-state index in [0.29, 0.717) is 24.2 Å². The van der Waals surface area contributed by atoms with Crippen molar-refractivity contribution >= 4 is 11.8 Å². The quantitative estimate of drug-likeness (QED) is 0.711. The third kappa shape index (κ3) is 3.51. The van der Waals surface area contributed by atoms with Gasteiger partial charge >= 0.3 is 0 Å². The van der Waals surface area contributed by atoms with Crippen molar-refractivity contribution in [2.24, 2.45) is 5.73 Å². The summed E-state index contributed by atoms with van der Waals surface area (Å²) >= 11 is 0. The summed E-state index contributed by atoms with van der Waals surface area (Å²) in [7, 11) is 0. The highest BCUT2D eigenvalue weighted by molar-refractivity contribution is 5.97. The summed E-state index contributed by atoms with van der Waals surface area (Å²) in [5.41, 5.74) is 6.62. The molecule has 1 atom stereocenters. The van der Waals surface area contributed by atoms with Gasteiger partial charge in [0, 0.05) is 24.8 Å². The minimum absolute atomic E-state index is 0.112. The van der Waals surface area contributed by atoms with Gasteiger partial charge in [0.15, 0.2) is 0 Å². The van der Waals surface area contributed by atoms with Gasteiger partial charge in [0.2, 0.25) is 5.91 Å². The molecule has 1 aromatic rings. The van der Waals surface area contributed by atoms with E-state index < -0.39 is 6.04 Å². The summed E-state index contributed by atoms with van der Waals surface area (Å²) in [5, 5.41) is 5.54. The number of nitrogens with one attached hydrogen (secondary N) is 2. The van der Waals surface area contributed by atoms with Crippen molar-refractivity contribution in [3.05, 3.63) is 29.6 Å². The minimum Gasteiger partial charge on any atom is -0.354 e. The van der Waals surface area contributed by atoms with Crippen LogP contribution in [0.4, 0.5) is 0 Å². The molecule has 6 nitrogen and oxygen atoms in total.